The SMILES string of the molecule is CCNC(c1cc(C)cc(C)c1)c1coc(C)c1. The first-order chi connectivity index (χ1) is 8.60. The van der Waals surface area contributed by atoms with Gasteiger partial charge in [0.25, 0.3) is 0 Å². The summed E-state index contributed by atoms with van der Waals surface area (Å²) in [6.45, 7) is 9.32. The maximum absolute atomic E-state index is 5.43. The van der Waals surface area contributed by atoms with Crippen molar-refractivity contribution < 1.29 is 4.42 Å². The van der Waals surface area contributed by atoms with Crippen LogP contribution in [0.15, 0.2) is 34.9 Å². The maximum Gasteiger partial charge on any atom is 0.101 e. The zero-order valence-electron chi connectivity index (χ0n) is 11.6. The fraction of sp³-hybridized carbons (Fsp3) is 0.375. The van der Waals surface area contributed by atoms with Gasteiger partial charge in [0, 0.05) is 5.56 Å². The summed E-state index contributed by atoms with van der Waals surface area (Å²) in [7, 11) is 0. The lowest BCUT2D eigenvalue weighted by atomic mass is 9.97. The second-order valence-electron chi connectivity index (χ2n) is 4.90. The van der Waals surface area contributed by atoms with Gasteiger partial charge in [0.15, 0.2) is 0 Å². The number of rotatable bonds is 4. The van der Waals surface area contributed by atoms with Crippen LogP contribution in [0.25, 0.3) is 0 Å². The van der Waals surface area contributed by atoms with Gasteiger partial charge in [-0.15, -0.1) is 0 Å². The van der Waals surface area contributed by atoms with E-state index in [9.17, 15) is 0 Å². The molecule has 1 unspecified atom stereocenters. The van der Waals surface area contributed by atoms with Gasteiger partial charge in [-0.05, 0) is 38.9 Å². The molecular weight excluding hydrogens is 222 g/mol. The largest absolute Gasteiger partial charge is 0.469 e. The molecule has 1 atom stereocenters. The molecule has 18 heavy (non-hydrogen) atoms. The molecule has 1 heterocycles. The third kappa shape index (κ3) is 2.82. The summed E-state index contributed by atoms with van der Waals surface area (Å²) >= 11 is 0. The molecule has 0 spiro atoms. The molecule has 1 aromatic carbocycles. The van der Waals surface area contributed by atoms with Gasteiger partial charge in [0.05, 0.1) is 12.3 Å². The Bertz CT molecular complexity index is 507. The van der Waals surface area contributed by atoms with Crippen molar-refractivity contribution in [2.75, 3.05) is 6.54 Å². The van der Waals surface area contributed by atoms with Crippen LogP contribution in [-0.4, -0.2) is 6.54 Å². The van der Waals surface area contributed by atoms with Crippen molar-refractivity contribution in [3.8, 4) is 0 Å². The number of hydrogen-bond acceptors (Lipinski definition) is 2. The molecule has 0 saturated heterocycles. The highest BCUT2D eigenvalue weighted by Crippen LogP contribution is 2.25. The Kier molecular flexibility index (Phi) is 3.87. The molecule has 0 bridgehead atoms. The minimum Gasteiger partial charge on any atom is -0.469 e. The number of hydrogen-bond donors (Lipinski definition) is 1. The van der Waals surface area contributed by atoms with Crippen LogP contribution >= 0.6 is 0 Å². The normalized spacial score (nSPS) is 12.7. The van der Waals surface area contributed by atoms with E-state index in [2.05, 4.69) is 50.4 Å². The molecule has 1 N–H and O–H groups in total. The molecule has 0 radical (unpaired) electrons. The van der Waals surface area contributed by atoms with Crippen LogP contribution in [-0.2, 0) is 0 Å². The lowest BCUT2D eigenvalue weighted by Crippen LogP contribution is -2.21. The molecule has 1 aromatic heterocycles. The average Bonchev–Trinajstić information content (AvgIpc) is 2.71. The van der Waals surface area contributed by atoms with Crippen molar-refractivity contribution in [3.05, 3.63) is 58.5 Å². The minimum absolute atomic E-state index is 0.214. The Morgan fingerprint density at radius 3 is 2.17 bits per heavy atom. The lowest BCUT2D eigenvalue weighted by Gasteiger charge is -2.18. The predicted molar refractivity (Wildman–Crippen MR) is 74.9 cm³/mol. The van der Waals surface area contributed by atoms with Gasteiger partial charge in [-0.25, -0.2) is 0 Å². The smallest absolute Gasteiger partial charge is 0.101 e. The van der Waals surface area contributed by atoms with E-state index in [1.54, 1.807) is 0 Å². The van der Waals surface area contributed by atoms with E-state index in [-0.39, 0.29) is 6.04 Å². The van der Waals surface area contributed by atoms with E-state index in [0.29, 0.717) is 0 Å². The summed E-state index contributed by atoms with van der Waals surface area (Å²) in [5.74, 6) is 0.956. The summed E-state index contributed by atoms with van der Waals surface area (Å²) in [6, 6.07) is 9.00. The zero-order chi connectivity index (χ0) is 13.1. The summed E-state index contributed by atoms with van der Waals surface area (Å²) in [6.07, 6.45) is 1.85. The summed E-state index contributed by atoms with van der Waals surface area (Å²) < 4.78 is 5.43. The molecule has 2 rings (SSSR count). The molecule has 2 heteroatoms. The van der Waals surface area contributed by atoms with Crippen LogP contribution in [0.5, 0.6) is 0 Å². The molecule has 0 aliphatic rings. The first-order valence-electron chi connectivity index (χ1n) is 6.46. The number of furan rings is 1. The zero-order valence-corrected chi connectivity index (χ0v) is 11.6. The van der Waals surface area contributed by atoms with E-state index in [1.807, 2.05) is 13.2 Å². The predicted octanol–water partition coefficient (Wildman–Crippen LogP) is 3.90. The first kappa shape index (κ1) is 12.9. The topological polar surface area (TPSA) is 25.2 Å². The van der Waals surface area contributed by atoms with E-state index in [0.717, 1.165) is 12.3 Å². The average molecular weight is 243 g/mol. The molecule has 0 amide bonds. The number of nitrogens with one attached hydrogen (secondary N) is 1. The van der Waals surface area contributed by atoms with Crippen molar-refractivity contribution in [3.63, 3.8) is 0 Å². The fourth-order valence-electron chi connectivity index (χ4n) is 2.42. The Morgan fingerprint density at radius 2 is 1.67 bits per heavy atom. The third-order valence-corrected chi connectivity index (χ3v) is 3.07. The van der Waals surface area contributed by atoms with E-state index < -0.39 is 0 Å². The van der Waals surface area contributed by atoms with Crippen molar-refractivity contribution in [1.82, 2.24) is 5.32 Å². The summed E-state index contributed by atoms with van der Waals surface area (Å²) in [5.41, 5.74) is 5.09. The highest BCUT2D eigenvalue weighted by Gasteiger charge is 2.15. The van der Waals surface area contributed by atoms with Gasteiger partial charge in [-0.3, -0.25) is 0 Å². The van der Waals surface area contributed by atoms with Gasteiger partial charge in [-0.1, -0.05) is 36.2 Å². The minimum atomic E-state index is 0.214. The van der Waals surface area contributed by atoms with Crippen molar-refractivity contribution in [2.24, 2.45) is 0 Å². The van der Waals surface area contributed by atoms with Gasteiger partial charge in [0.2, 0.25) is 0 Å². The van der Waals surface area contributed by atoms with Gasteiger partial charge < -0.3 is 9.73 Å². The molecule has 0 fully saturated rings. The molecule has 2 nitrogen and oxygen atoms in total. The van der Waals surface area contributed by atoms with Gasteiger partial charge in [0.1, 0.15) is 5.76 Å². The highest BCUT2D eigenvalue weighted by molar-refractivity contribution is 5.36. The quantitative estimate of drug-likeness (QED) is 0.881. The third-order valence-electron chi connectivity index (χ3n) is 3.07. The molecular formula is C16H21NO. The standard InChI is InChI=1S/C16H21NO/c1-5-17-16(15-9-13(4)18-10-15)14-7-11(2)6-12(3)8-14/h6-10,16-17H,5H2,1-4H3. The summed E-state index contributed by atoms with van der Waals surface area (Å²) in [5, 5.41) is 3.52. The lowest BCUT2D eigenvalue weighted by molar-refractivity contribution is 0.525. The highest BCUT2D eigenvalue weighted by atomic mass is 16.3. The second kappa shape index (κ2) is 5.40. The Balaban J connectivity index is 2.40. The van der Waals surface area contributed by atoms with Crippen LogP contribution in [0, 0.1) is 20.8 Å². The van der Waals surface area contributed by atoms with Crippen LogP contribution in [0.3, 0.4) is 0 Å². The first-order valence-corrected chi connectivity index (χ1v) is 6.46. The van der Waals surface area contributed by atoms with Crippen molar-refractivity contribution in [1.29, 1.82) is 0 Å². The van der Waals surface area contributed by atoms with Crippen LogP contribution in [0.4, 0.5) is 0 Å². The van der Waals surface area contributed by atoms with E-state index >= 15 is 0 Å². The Hall–Kier alpha value is -1.54. The van der Waals surface area contributed by atoms with E-state index in [4.69, 9.17) is 4.42 Å². The second-order valence-corrected chi connectivity index (χ2v) is 4.90. The van der Waals surface area contributed by atoms with Crippen LogP contribution in [0.2, 0.25) is 0 Å². The van der Waals surface area contributed by atoms with E-state index in [1.165, 1.54) is 22.3 Å². The Morgan fingerprint density at radius 1 is 1.00 bits per heavy atom. The molecule has 96 valence electrons. The summed E-state index contributed by atoms with van der Waals surface area (Å²) in [4.78, 5) is 0. The molecule has 0 saturated carbocycles. The Labute approximate surface area is 109 Å². The van der Waals surface area contributed by atoms with Gasteiger partial charge in [-0.2, -0.15) is 0 Å². The van der Waals surface area contributed by atoms with Crippen molar-refractivity contribution in [2.45, 2.75) is 33.7 Å². The number of benzene rings is 1. The maximum atomic E-state index is 5.43. The monoisotopic (exact) mass is 243 g/mol. The van der Waals surface area contributed by atoms with Crippen LogP contribution in [0.1, 0.15) is 41.0 Å². The number of aryl methyl sites for hydroxylation is 3. The van der Waals surface area contributed by atoms with Crippen LogP contribution < -0.4 is 5.32 Å². The fourth-order valence-corrected chi connectivity index (χ4v) is 2.42. The molecule has 2 aromatic rings. The van der Waals surface area contributed by atoms with Gasteiger partial charge >= 0.3 is 0 Å². The van der Waals surface area contributed by atoms with Crippen molar-refractivity contribution >= 4 is 0 Å². The molecule has 0 aliphatic heterocycles. The molecule has 0 aliphatic carbocycles.